The van der Waals surface area contributed by atoms with Gasteiger partial charge in [0.15, 0.2) is 0 Å². The van der Waals surface area contributed by atoms with E-state index in [1.807, 2.05) is 6.92 Å². The molecule has 0 N–H and O–H groups in total. The van der Waals surface area contributed by atoms with Crippen molar-refractivity contribution < 1.29 is 8.98 Å². The van der Waals surface area contributed by atoms with E-state index in [0.29, 0.717) is 6.42 Å². The van der Waals surface area contributed by atoms with Gasteiger partial charge in [-0.15, -0.1) is 0 Å². The van der Waals surface area contributed by atoms with Gasteiger partial charge >= 0.3 is 5.97 Å². The molecule has 0 spiro atoms. The summed E-state index contributed by atoms with van der Waals surface area (Å²) in [5, 5.41) is 0. The van der Waals surface area contributed by atoms with Crippen molar-refractivity contribution >= 4 is 18.0 Å². The molecule has 0 bridgehead atoms. The summed E-state index contributed by atoms with van der Waals surface area (Å²) >= 11 is 1.33. The molecule has 0 amide bonds. The Morgan fingerprint density at radius 1 is 0.375 bits per heavy atom. The minimum atomic E-state index is -0.0964. The molecule has 0 aromatic carbocycles. The van der Waals surface area contributed by atoms with E-state index in [4.69, 9.17) is 4.18 Å². The van der Waals surface area contributed by atoms with Gasteiger partial charge in [0.2, 0.25) is 0 Å². The van der Waals surface area contributed by atoms with Crippen LogP contribution < -0.4 is 0 Å². The number of carbonyl (C=O) groups is 1. The monoisotopic (exact) mass is 583 g/mol. The van der Waals surface area contributed by atoms with Gasteiger partial charge in [0.1, 0.15) is 0 Å². The van der Waals surface area contributed by atoms with Gasteiger partial charge < -0.3 is 4.18 Å². The summed E-state index contributed by atoms with van der Waals surface area (Å²) in [5.74, 6) is 0.853. The Bertz CT molecular complexity index is 467. The van der Waals surface area contributed by atoms with Crippen molar-refractivity contribution in [3.8, 4) is 0 Å². The molecule has 3 heteroatoms. The van der Waals surface area contributed by atoms with Crippen molar-refractivity contribution in [3.63, 3.8) is 0 Å². The maximum atomic E-state index is 11.0. The van der Waals surface area contributed by atoms with Gasteiger partial charge in [-0.05, 0) is 6.42 Å². The summed E-state index contributed by atoms with van der Waals surface area (Å²) in [4.78, 5) is 11.0. The lowest BCUT2D eigenvalue weighted by Gasteiger charge is -2.05. The van der Waals surface area contributed by atoms with Gasteiger partial charge in [0.05, 0.1) is 12.0 Å². The number of hydrogen-bond acceptors (Lipinski definition) is 3. The fraction of sp³-hybridized carbons (Fsp3) is 0.973. The molecule has 0 rings (SSSR count). The number of carbonyl (C=O) groups excluding carboxylic acids is 1. The van der Waals surface area contributed by atoms with Crippen LogP contribution in [-0.2, 0) is 8.98 Å². The van der Waals surface area contributed by atoms with E-state index >= 15 is 0 Å². The summed E-state index contributed by atoms with van der Waals surface area (Å²) in [6.07, 6.45) is 46.6. The zero-order chi connectivity index (χ0) is 29.0. The molecular weight excluding hydrogens is 508 g/mol. The summed E-state index contributed by atoms with van der Waals surface area (Å²) in [5.41, 5.74) is 0. The van der Waals surface area contributed by atoms with Gasteiger partial charge in [-0.3, -0.25) is 4.79 Å². The summed E-state index contributed by atoms with van der Waals surface area (Å²) < 4.78 is 5.04. The van der Waals surface area contributed by atoms with E-state index in [1.54, 1.807) is 0 Å². The maximum absolute atomic E-state index is 11.0. The molecule has 0 saturated carbocycles. The zero-order valence-corrected chi connectivity index (χ0v) is 28.6. The third kappa shape index (κ3) is 35.8. The van der Waals surface area contributed by atoms with Crippen LogP contribution in [-0.4, -0.2) is 11.7 Å². The van der Waals surface area contributed by atoms with Crippen molar-refractivity contribution in [1.29, 1.82) is 0 Å². The third-order valence-electron chi connectivity index (χ3n) is 8.52. The largest absolute Gasteiger partial charge is 0.391 e. The van der Waals surface area contributed by atoms with E-state index in [2.05, 4.69) is 6.92 Å². The Morgan fingerprint density at radius 3 is 0.825 bits per heavy atom. The van der Waals surface area contributed by atoms with Crippen LogP contribution in [0.2, 0.25) is 0 Å². The molecule has 0 atom stereocenters. The fourth-order valence-electron chi connectivity index (χ4n) is 5.70. The van der Waals surface area contributed by atoms with Gasteiger partial charge in [-0.1, -0.05) is 213 Å². The van der Waals surface area contributed by atoms with Gasteiger partial charge in [0.25, 0.3) is 0 Å². The van der Waals surface area contributed by atoms with Crippen molar-refractivity contribution in [2.75, 3.05) is 5.75 Å². The van der Waals surface area contributed by atoms with Crippen LogP contribution in [0.25, 0.3) is 0 Å². The SMILES string of the molecule is CCCCCCCCCCCCCCCCCCCCCCCCCCCCCCCCCCSOC(=O)CC. The lowest BCUT2D eigenvalue weighted by molar-refractivity contribution is -0.132. The topological polar surface area (TPSA) is 26.3 Å². The van der Waals surface area contributed by atoms with Gasteiger partial charge in [-0.2, -0.15) is 0 Å². The summed E-state index contributed by atoms with van der Waals surface area (Å²) in [6, 6.07) is 0. The third-order valence-corrected chi connectivity index (χ3v) is 9.28. The van der Waals surface area contributed by atoms with Gasteiger partial charge in [-0.25, -0.2) is 0 Å². The van der Waals surface area contributed by atoms with Gasteiger partial charge in [0, 0.05) is 12.2 Å². The Labute approximate surface area is 257 Å². The van der Waals surface area contributed by atoms with Crippen LogP contribution in [0.5, 0.6) is 0 Å². The van der Waals surface area contributed by atoms with Crippen molar-refractivity contribution in [1.82, 2.24) is 0 Å². The van der Waals surface area contributed by atoms with E-state index in [0.717, 1.165) is 5.75 Å². The van der Waals surface area contributed by atoms with Crippen LogP contribution in [0.4, 0.5) is 0 Å². The molecule has 0 aromatic rings. The highest BCUT2D eigenvalue weighted by Gasteiger charge is 2.00. The molecule has 0 aliphatic rings. The minimum absolute atomic E-state index is 0.0964. The lowest BCUT2D eigenvalue weighted by atomic mass is 10.0. The first-order valence-electron chi connectivity index (χ1n) is 18.6. The van der Waals surface area contributed by atoms with E-state index in [1.165, 1.54) is 218 Å². The molecule has 240 valence electrons. The number of hydrogen-bond donors (Lipinski definition) is 0. The molecule has 0 heterocycles. The average molecular weight is 583 g/mol. The molecule has 0 aliphatic heterocycles. The van der Waals surface area contributed by atoms with E-state index in [-0.39, 0.29) is 5.97 Å². The van der Waals surface area contributed by atoms with Crippen LogP contribution >= 0.6 is 12.0 Å². The standard InChI is InChI=1S/C37H74O2S/c1-3-5-6-7-8-9-10-11-12-13-14-15-16-17-18-19-20-21-22-23-24-25-26-27-28-29-30-31-32-33-34-35-36-40-39-37(38)4-2/h3-36H2,1-2H3. The predicted molar refractivity (Wildman–Crippen MR) is 182 cm³/mol. The minimum Gasteiger partial charge on any atom is -0.391 e. The second-order valence-electron chi connectivity index (χ2n) is 12.6. The molecule has 0 fully saturated rings. The van der Waals surface area contributed by atoms with Crippen molar-refractivity contribution in [3.05, 3.63) is 0 Å². The quantitative estimate of drug-likeness (QED) is 0.0549. The Morgan fingerprint density at radius 2 is 0.600 bits per heavy atom. The molecule has 2 nitrogen and oxygen atoms in total. The highest BCUT2D eigenvalue weighted by molar-refractivity contribution is 7.95. The first kappa shape index (κ1) is 39.8. The molecular formula is C37H74O2S. The molecule has 0 radical (unpaired) electrons. The molecule has 0 unspecified atom stereocenters. The fourth-order valence-corrected chi connectivity index (χ4v) is 6.36. The van der Waals surface area contributed by atoms with E-state index < -0.39 is 0 Å². The lowest BCUT2D eigenvalue weighted by Crippen LogP contribution is -1.96. The highest BCUT2D eigenvalue weighted by atomic mass is 32.2. The van der Waals surface area contributed by atoms with Crippen LogP contribution in [0.1, 0.15) is 226 Å². The predicted octanol–water partition coefficient (Wildman–Crippen LogP) is 14.1. The average Bonchev–Trinajstić information content (AvgIpc) is 2.97. The second-order valence-corrected chi connectivity index (χ2v) is 13.4. The Kier molecular flexibility index (Phi) is 36.7. The summed E-state index contributed by atoms with van der Waals surface area (Å²) in [6.45, 7) is 4.14. The Balaban J connectivity index is 3.04. The molecule has 0 aliphatic carbocycles. The van der Waals surface area contributed by atoms with Crippen LogP contribution in [0.15, 0.2) is 0 Å². The smallest absolute Gasteiger partial charge is 0.317 e. The Hall–Kier alpha value is -0.180. The summed E-state index contributed by atoms with van der Waals surface area (Å²) in [7, 11) is 0. The number of unbranched alkanes of at least 4 members (excludes halogenated alkanes) is 31. The first-order valence-corrected chi connectivity index (χ1v) is 19.5. The van der Waals surface area contributed by atoms with Crippen LogP contribution in [0.3, 0.4) is 0 Å². The van der Waals surface area contributed by atoms with E-state index in [9.17, 15) is 4.79 Å². The highest BCUT2D eigenvalue weighted by Crippen LogP contribution is 2.17. The van der Waals surface area contributed by atoms with Crippen molar-refractivity contribution in [2.24, 2.45) is 0 Å². The zero-order valence-electron chi connectivity index (χ0n) is 27.8. The normalized spacial score (nSPS) is 11.3. The van der Waals surface area contributed by atoms with Crippen LogP contribution in [0, 0.1) is 0 Å². The first-order chi connectivity index (χ1) is 19.8. The van der Waals surface area contributed by atoms with Crippen molar-refractivity contribution in [2.45, 2.75) is 226 Å². The molecule has 40 heavy (non-hydrogen) atoms. The molecule has 0 aromatic heterocycles. The number of rotatable bonds is 35. The maximum Gasteiger partial charge on any atom is 0.317 e. The second kappa shape index (κ2) is 36.8. The molecule has 0 saturated heterocycles.